The van der Waals surface area contributed by atoms with Gasteiger partial charge in [-0.1, -0.05) is 37.5 Å². The van der Waals surface area contributed by atoms with Gasteiger partial charge in [-0.2, -0.15) is 0 Å². The van der Waals surface area contributed by atoms with Gasteiger partial charge in [-0.05, 0) is 30.9 Å². The Morgan fingerprint density at radius 1 is 0.931 bits per heavy atom. The van der Waals surface area contributed by atoms with E-state index in [4.69, 9.17) is 0 Å². The lowest BCUT2D eigenvalue weighted by Crippen LogP contribution is -2.36. The van der Waals surface area contributed by atoms with Gasteiger partial charge in [0.1, 0.15) is 0 Å². The number of carbonyl (C=O) groups excluding carboxylic acids is 3. The molecule has 2 aliphatic heterocycles. The molecule has 0 aliphatic carbocycles. The Hall–Kier alpha value is -2.37. The Balaban J connectivity index is 1.76. The van der Waals surface area contributed by atoms with Gasteiger partial charge in [0.25, 0.3) is 0 Å². The average Bonchev–Trinajstić information content (AvgIpc) is 3.11. The zero-order valence-electron chi connectivity index (χ0n) is 17.6. The zero-order chi connectivity index (χ0) is 20.6. The normalized spacial score (nSPS) is 18.8. The van der Waals surface area contributed by atoms with E-state index in [0.29, 0.717) is 25.9 Å². The van der Waals surface area contributed by atoms with Gasteiger partial charge in [0.15, 0.2) is 0 Å². The first-order valence-corrected chi connectivity index (χ1v) is 11.0. The lowest BCUT2D eigenvalue weighted by atomic mass is 10.1. The van der Waals surface area contributed by atoms with Crippen LogP contribution in [0.1, 0.15) is 63.9 Å². The highest BCUT2D eigenvalue weighted by molar-refractivity contribution is 5.92. The molecule has 0 aromatic heterocycles. The number of benzene rings is 1. The molecule has 1 fully saturated rings. The van der Waals surface area contributed by atoms with Crippen molar-refractivity contribution in [2.75, 3.05) is 31.1 Å². The second-order valence-electron chi connectivity index (χ2n) is 8.12. The maximum absolute atomic E-state index is 13.0. The van der Waals surface area contributed by atoms with Crippen LogP contribution in [0.3, 0.4) is 0 Å². The fourth-order valence-corrected chi connectivity index (χ4v) is 4.29. The fourth-order valence-electron chi connectivity index (χ4n) is 4.29. The van der Waals surface area contributed by atoms with E-state index in [2.05, 4.69) is 0 Å². The molecule has 0 unspecified atom stereocenters. The van der Waals surface area contributed by atoms with Crippen LogP contribution in [0.5, 0.6) is 0 Å². The van der Waals surface area contributed by atoms with E-state index in [0.717, 1.165) is 69.4 Å². The van der Waals surface area contributed by atoms with Gasteiger partial charge < -0.3 is 14.7 Å². The number of amides is 3. The Morgan fingerprint density at radius 3 is 2.38 bits per heavy atom. The first kappa shape index (κ1) is 21.3. The summed E-state index contributed by atoms with van der Waals surface area (Å²) in [4.78, 5) is 42.7. The Bertz CT molecular complexity index is 734. The Labute approximate surface area is 173 Å². The minimum Gasteiger partial charge on any atom is -0.342 e. The van der Waals surface area contributed by atoms with E-state index in [1.807, 2.05) is 34.1 Å². The maximum Gasteiger partial charge on any atom is 0.224 e. The summed E-state index contributed by atoms with van der Waals surface area (Å²) in [7, 11) is 0. The molecule has 29 heavy (non-hydrogen) atoms. The zero-order valence-corrected chi connectivity index (χ0v) is 17.6. The number of fused-ring (bicyclic) bond motifs is 1. The maximum atomic E-state index is 13.0. The van der Waals surface area contributed by atoms with Crippen molar-refractivity contribution in [2.24, 2.45) is 0 Å². The molecular weight excluding hydrogens is 366 g/mol. The predicted octanol–water partition coefficient (Wildman–Crippen LogP) is 3.34. The fraction of sp³-hybridized carbons (Fsp3) is 0.609. The Morgan fingerprint density at radius 2 is 1.66 bits per heavy atom. The molecule has 1 aromatic rings. The standard InChI is InChI=1S/C23H33N3O3/c1-19(27)26-16-8-4-2-3-7-14-25(18-20-10-5-6-11-21(20)26)23(29)13-17-24-15-9-12-22(24)28/h5-6,10-11H,2-4,7-9,12-18H2,1H3. The van der Waals surface area contributed by atoms with Crippen LogP contribution in [0, 0.1) is 0 Å². The highest BCUT2D eigenvalue weighted by Gasteiger charge is 2.23. The Kier molecular flexibility index (Phi) is 7.67. The van der Waals surface area contributed by atoms with Crippen molar-refractivity contribution in [3.05, 3.63) is 29.8 Å². The molecule has 6 nitrogen and oxygen atoms in total. The number of hydrogen-bond acceptors (Lipinski definition) is 3. The molecule has 1 aromatic carbocycles. The van der Waals surface area contributed by atoms with Gasteiger partial charge in [0.05, 0.1) is 0 Å². The smallest absolute Gasteiger partial charge is 0.224 e. The molecule has 0 saturated carbocycles. The summed E-state index contributed by atoms with van der Waals surface area (Å²) < 4.78 is 0. The summed E-state index contributed by atoms with van der Waals surface area (Å²) in [6.45, 7) is 4.84. The third-order valence-electron chi connectivity index (χ3n) is 5.95. The largest absolute Gasteiger partial charge is 0.342 e. The highest BCUT2D eigenvalue weighted by Crippen LogP contribution is 2.24. The quantitative estimate of drug-likeness (QED) is 0.783. The van der Waals surface area contributed by atoms with E-state index < -0.39 is 0 Å². The summed E-state index contributed by atoms with van der Waals surface area (Å²) in [6, 6.07) is 7.91. The van der Waals surface area contributed by atoms with Crippen LogP contribution in [0.25, 0.3) is 0 Å². The van der Waals surface area contributed by atoms with Crippen molar-refractivity contribution in [2.45, 2.75) is 64.8 Å². The first-order chi connectivity index (χ1) is 14.1. The van der Waals surface area contributed by atoms with E-state index in [1.54, 1.807) is 11.8 Å². The summed E-state index contributed by atoms with van der Waals surface area (Å²) in [6.07, 6.45) is 7.17. The van der Waals surface area contributed by atoms with Crippen LogP contribution in [0.4, 0.5) is 5.69 Å². The lowest BCUT2D eigenvalue weighted by Gasteiger charge is -2.29. The molecule has 3 amide bonds. The summed E-state index contributed by atoms with van der Waals surface area (Å²) in [5.41, 5.74) is 1.92. The molecule has 3 rings (SSSR count). The second-order valence-corrected chi connectivity index (χ2v) is 8.12. The van der Waals surface area contributed by atoms with Crippen LogP contribution < -0.4 is 4.90 Å². The number of nitrogens with zero attached hydrogens (tertiary/aromatic N) is 3. The van der Waals surface area contributed by atoms with Crippen molar-refractivity contribution in [1.29, 1.82) is 0 Å². The van der Waals surface area contributed by atoms with Crippen molar-refractivity contribution in [3.63, 3.8) is 0 Å². The van der Waals surface area contributed by atoms with Crippen LogP contribution in [0.15, 0.2) is 24.3 Å². The highest BCUT2D eigenvalue weighted by atomic mass is 16.2. The van der Waals surface area contributed by atoms with Crippen molar-refractivity contribution >= 4 is 23.4 Å². The van der Waals surface area contributed by atoms with Crippen LogP contribution >= 0.6 is 0 Å². The van der Waals surface area contributed by atoms with Gasteiger partial charge >= 0.3 is 0 Å². The molecule has 0 bridgehead atoms. The van der Waals surface area contributed by atoms with E-state index in [1.165, 1.54) is 0 Å². The molecule has 0 atom stereocenters. The van der Waals surface area contributed by atoms with E-state index in [9.17, 15) is 14.4 Å². The third-order valence-corrected chi connectivity index (χ3v) is 5.95. The van der Waals surface area contributed by atoms with Crippen LogP contribution in [-0.2, 0) is 20.9 Å². The molecule has 1 saturated heterocycles. The molecule has 0 radical (unpaired) electrons. The van der Waals surface area contributed by atoms with Gasteiger partial charge in [-0.25, -0.2) is 0 Å². The van der Waals surface area contributed by atoms with E-state index in [-0.39, 0.29) is 17.7 Å². The van der Waals surface area contributed by atoms with Gasteiger partial charge in [-0.15, -0.1) is 0 Å². The molecule has 2 heterocycles. The lowest BCUT2D eigenvalue weighted by molar-refractivity contribution is -0.133. The van der Waals surface area contributed by atoms with Crippen molar-refractivity contribution < 1.29 is 14.4 Å². The number of anilines is 1. The molecule has 6 heteroatoms. The van der Waals surface area contributed by atoms with Crippen molar-refractivity contribution in [3.8, 4) is 0 Å². The number of rotatable bonds is 3. The van der Waals surface area contributed by atoms with Gasteiger partial charge in [-0.3, -0.25) is 14.4 Å². The minimum absolute atomic E-state index is 0.0416. The minimum atomic E-state index is 0.0416. The molecule has 158 valence electrons. The van der Waals surface area contributed by atoms with Crippen LogP contribution in [-0.4, -0.2) is 53.7 Å². The van der Waals surface area contributed by atoms with E-state index >= 15 is 0 Å². The summed E-state index contributed by atoms with van der Waals surface area (Å²) in [5, 5.41) is 0. The molecular formula is C23H33N3O3. The first-order valence-electron chi connectivity index (χ1n) is 11.0. The second kappa shape index (κ2) is 10.4. The summed E-state index contributed by atoms with van der Waals surface area (Å²) >= 11 is 0. The summed E-state index contributed by atoms with van der Waals surface area (Å²) in [5.74, 6) is 0.291. The topological polar surface area (TPSA) is 60.9 Å². The molecule has 0 spiro atoms. The van der Waals surface area contributed by atoms with Crippen molar-refractivity contribution in [1.82, 2.24) is 9.80 Å². The van der Waals surface area contributed by atoms with Gasteiger partial charge in [0, 0.05) is 58.2 Å². The third kappa shape index (κ3) is 5.81. The number of hydrogen-bond donors (Lipinski definition) is 0. The number of para-hydroxylation sites is 1. The SMILES string of the molecule is CC(=O)N1CCCCCCCN(C(=O)CCN2CCCC2=O)Cc2ccccc21. The average molecular weight is 400 g/mol. The number of carbonyl (C=O) groups is 3. The molecule has 0 N–H and O–H groups in total. The molecule has 2 aliphatic rings. The van der Waals surface area contributed by atoms with Gasteiger partial charge in [0.2, 0.25) is 17.7 Å². The number of likely N-dealkylation sites (tertiary alicyclic amines) is 1. The monoisotopic (exact) mass is 399 g/mol. The predicted molar refractivity (Wildman–Crippen MR) is 113 cm³/mol. The van der Waals surface area contributed by atoms with Crippen LogP contribution in [0.2, 0.25) is 0 Å².